The van der Waals surface area contributed by atoms with Crippen molar-refractivity contribution in [2.24, 2.45) is 5.92 Å². The van der Waals surface area contributed by atoms with E-state index in [-0.39, 0.29) is 12.5 Å². The summed E-state index contributed by atoms with van der Waals surface area (Å²) in [4.78, 5) is 14.2. The molecule has 0 bridgehead atoms. The molecular weight excluding hydrogens is 330 g/mol. The van der Waals surface area contributed by atoms with Crippen LogP contribution in [0.25, 0.3) is 0 Å². The minimum Gasteiger partial charge on any atom is -0.460 e. The topological polar surface area (TPSA) is 71.2 Å². The van der Waals surface area contributed by atoms with Crippen molar-refractivity contribution in [2.45, 2.75) is 57.7 Å². The summed E-state index contributed by atoms with van der Waals surface area (Å²) in [6.07, 6.45) is 4.07. The monoisotopic (exact) mass is 364 g/mol. The Bertz CT molecular complexity index is 540. The fourth-order valence-electron chi connectivity index (χ4n) is 3.95. The van der Waals surface area contributed by atoms with Gasteiger partial charge in [0.05, 0.1) is 13.1 Å². The summed E-state index contributed by atoms with van der Waals surface area (Å²) in [5, 5.41) is 21.6. The third-order valence-corrected chi connectivity index (χ3v) is 5.65. The molecular formula is C21H34NO4+. The summed E-state index contributed by atoms with van der Waals surface area (Å²) < 4.78 is 5.41. The smallest absolute Gasteiger partial charge is 0.343 e. The Hall–Kier alpha value is -1.43. The predicted molar refractivity (Wildman–Crippen MR) is 101 cm³/mol. The standard InChI is InChI=1S/C21H33NO4/c1-3-22(4-2)15-19(23)16-26-20(24)21(25,17-11-7-5-8-12-17)18-13-9-6-10-14-18/h5,7-8,11-12,18-19,23,25H,3-4,6,9-10,13-16H2,1-2H3/p+1/t19-,21-/m0/s1. The summed E-state index contributed by atoms with van der Waals surface area (Å²) in [6.45, 7) is 6.41. The van der Waals surface area contributed by atoms with Crippen molar-refractivity contribution < 1.29 is 24.6 Å². The number of benzene rings is 1. The summed E-state index contributed by atoms with van der Waals surface area (Å²) in [6, 6.07) is 9.09. The summed E-state index contributed by atoms with van der Waals surface area (Å²) in [5.41, 5.74) is -1.05. The van der Waals surface area contributed by atoms with Gasteiger partial charge in [-0.2, -0.15) is 0 Å². The van der Waals surface area contributed by atoms with Gasteiger partial charge in [-0.1, -0.05) is 49.6 Å². The highest BCUT2D eigenvalue weighted by Gasteiger charge is 2.47. The summed E-state index contributed by atoms with van der Waals surface area (Å²) >= 11 is 0. The van der Waals surface area contributed by atoms with Gasteiger partial charge in [-0.3, -0.25) is 0 Å². The first-order valence-corrected chi connectivity index (χ1v) is 9.99. The fraction of sp³-hybridized carbons (Fsp3) is 0.667. The van der Waals surface area contributed by atoms with E-state index in [1.54, 1.807) is 12.1 Å². The number of quaternary nitrogens is 1. The van der Waals surface area contributed by atoms with E-state index in [4.69, 9.17) is 4.74 Å². The van der Waals surface area contributed by atoms with E-state index in [1.165, 1.54) is 4.90 Å². The molecule has 5 heteroatoms. The lowest BCUT2D eigenvalue weighted by molar-refractivity contribution is -0.899. The van der Waals surface area contributed by atoms with Crippen molar-refractivity contribution in [1.29, 1.82) is 0 Å². The normalized spacial score (nSPS) is 19.1. The van der Waals surface area contributed by atoms with Crippen LogP contribution < -0.4 is 4.90 Å². The van der Waals surface area contributed by atoms with Gasteiger partial charge in [0.25, 0.3) is 0 Å². The molecule has 2 rings (SSSR count). The number of aliphatic hydroxyl groups is 2. The molecule has 146 valence electrons. The number of carbonyl (C=O) groups excluding carboxylic acids is 1. The van der Waals surface area contributed by atoms with E-state index < -0.39 is 17.7 Å². The second-order valence-corrected chi connectivity index (χ2v) is 7.38. The largest absolute Gasteiger partial charge is 0.460 e. The Morgan fingerprint density at radius 1 is 1.19 bits per heavy atom. The van der Waals surface area contributed by atoms with Crippen LogP contribution in [0.2, 0.25) is 0 Å². The molecule has 2 atom stereocenters. The van der Waals surface area contributed by atoms with Gasteiger partial charge in [0.2, 0.25) is 0 Å². The summed E-state index contributed by atoms with van der Waals surface area (Å²) in [7, 11) is 0. The van der Waals surface area contributed by atoms with E-state index in [1.807, 2.05) is 18.2 Å². The molecule has 0 aromatic heterocycles. The van der Waals surface area contributed by atoms with E-state index in [9.17, 15) is 15.0 Å². The highest BCUT2D eigenvalue weighted by atomic mass is 16.6. The zero-order chi connectivity index (χ0) is 19.0. The average Bonchev–Trinajstić information content (AvgIpc) is 2.70. The van der Waals surface area contributed by atoms with Crippen LogP contribution in [0.15, 0.2) is 30.3 Å². The first-order chi connectivity index (χ1) is 12.5. The Morgan fingerprint density at radius 3 is 2.38 bits per heavy atom. The summed E-state index contributed by atoms with van der Waals surface area (Å²) in [5.74, 6) is -0.777. The molecule has 0 spiro atoms. The maximum atomic E-state index is 12.9. The number of hydrogen-bond acceptors (Lipinski definition) is 4. The van der Waals surface area contributed by atoms with E-state index in [0.717, 1.165) is 45.2 Å². The van der Waals surface area contributed by atoms with Crippen molar-refractivity contribution in [3.8, 4) is 0 Å². The van der Waals surface area contributed by atoms with Crippen LogP contribution in [-0.4, -0.2) is 48.5 Å². The van der Waals surface area contributed by atoms with Gasteiger partial charge in [-0.25, -0.2) is 4.79 Å². The SMILES string of the molecule is CC[NH+](CC)C[C@H](O)COC(=O)[C@](O)(c1ccccc1)C1CCCCC1. The van der Waals surface area contributed by atoms with Crippen molar-refractivity contribution in [2.75, 3.05) is 26.2 Å². The molecule has 0 aliphatic heterocycles. The Morgan fingerprint density at radius 2 is 1.81 bits per heavy atom. The van der Waals surface area contributed by atoms with Crippen molar-refractivity contribution in [1.82, 2.24) is 0 Å². The molecule has 5 nitrogen and oxygen atoms in total. The average molecular weight is 365 g/mol. The van der Waals surface area contributed by atoms with Crippen LogP contribution in [0.3, 0.4) is 0 Å². The first kappa shape index (κ1) is 20.9. The number of likely N-dealkylation sites (N-methyl/N-ethyl adjacent to an activating group) is 1. The molecule has 26 heavy (non-hydrogen) atoms. The molecule has 1 aliphatic carbocycles. The number of ether oxygens (including phenoxy) is 1. The maximum Gasteiger partial charge on any atom is 0.343 e. The number of nitrogens with one attached hydrogen (secondary N) is 1. The van der Waals surface area contributed by atoms with Gasteiger partial charge in [0.15, 0.2) is 5.60 Å². The van der Waals surface area contributed by atoms with E-state index in [2.05, 4.69) is 13.8 Å². The van der Waals surface area contributed by atoms with Crippen molar-refractivity contribution >= 4 is 5.97 Å². The minimum atomic E-state index is -1.64. The number of hydrogen-bond donors (Lipinski definition) is 3. The molecule has 0 saturated heterocycles. The van der Waals surface area contributed by atoms with Gasteiger partial charge in [-0.05, 0) is 32.3 Å². The van der Waals surface area contributed by atoms with Gasteiger partial charge < -0.3 is 19.8 Å². The van der Waals surface area contributed by atoms with Crippen LogP contribution in [0.1, 0.15) is 51.5 Å². The molecule has 1 aromatic rings. The van der Waals surface area contributed by atoms with Crippen LogP contribution in [0.4, 0.5) is 0 Å². The Balaban J connectivity index is 2.08. The molecule has 0 amide bonds. The Kier molecular flexibility index (Phi) is 8.07. The number of esters is 1. The second kappa shape index (κ2) is 10.0. The molecule has 1 saturated carbocycles. The highest BCUT2D eigenvalue weighted by molar-refractivity contribution is 5.81. The number of carbonyl (C=O) groups is 1. The zero-order valence-corrected chi connectivity index (χ0v) is 16.1. The van der Waals surface area contributed by atoms with Gasteiger partial charge >= 0.3 is 5.97 Å². The molecule has 0 unspecified atom stereocenters. The number of aliphatic hydroxyl groups excluding tert-OH is 1. The fourth-order valence-corrected chi connectivity index (χ4v) is 3.95. The second-order valence-electron chi connectivity index (χ2n) is 7.38. The lowest BCUT2D eigenvalue weighted by atomic mass is 9.73. The quantitative estimate of drug-likeness (QED) is 0.578. The third-order valence-electron chi connectivity index (χ3n) is 5.65. The van der Waals surface area contributed by atoms with Gasteiger partial charge in [0, 0.05) is 5.92 Å². The molecule has 1 aliphatic rings. The maximum absolute atomic E-state index is 12.9. The number of rotatable bonds is 9. The molecule has 3 N–H and O–H groups in total. The molecule has 0 radical (unpaired) electrons. The van der Waals surface area contributed by atoms with Crippen LogP contribution in [0, 0.1) is 5.92 Å². The van der Waals surface area contributed by atoms with Crippen LogP contribution in [0.5, 0.6) is 0 Å². The predicted octanol–water partition coefficient (Wildman–Crippen LogP) is 1.28. The Labute approximate surface area is 157 Å². The van der Waals surface area contributed by atoms with E-state index in [0.29, 0.717) is 12.1 Å². The van der Waals surface area contributed by atoms with Gasteiger partial charge in [-0.15, -0.1) is 0 Å². The lowest BCUT2D eigenvalue weighted by Gasteiger charge is -2.37. The first-order valence-electron chi connectivity index (χ1n) is 9.99. The lowest BCUT2D eigenvalue weighted by Crippen LogP contribution is -3.12. The molecule has 1 aromatic carbocycles. The molecule has 1 fully saturated rings. The van der Waals surface area contributed by atoms with Gasteiger partial charge in [0.1, 0.15) is 19.3 Å². The van der Waals surface area contributed by atoms with Crippen LogP contribution in [-0.2, 0) is 15.1 Å². The van der Waals surface area contributed by atoms with E-state index >= 15 is 0 Å². The van der Waals surface area contributed by atoms with Crippen molar-refractivity contribution in [3.63, 3.8) is 0 Å². The highest BCUT2D eigenvalue weighted by Crippen LogP contribution is 2.40. The zero-order valence-electron chi connectivity index (χ0n) is 16.1. The third kappa shape index (κ3) is 5.06. The minimum absolute atomic E-state index is 0.0792. The molecule has 0 heterocycles. The van der Waals surface area contributed by atoms with Crippen LogP contribution >= 0.6 is 0 Å². The van der Waals surface area contributed by atoms with Crippen molar-refractivity contribution in [3.05, 3.63) is 35.9 Å².